The van der Waals surface area contributed by atoms with Gasteiger partial charge in [-0.25, -0.2) is 4.39 Å². The maximum atomic E-state index is 13.9. The second-order valence-corrected chi connectivity index (χ2v) is 10.1. The van der Waals surface area contributed by atoms with Crippen LogP contribution in [0.5, 0.6) is 11.5 Å². The molecular formula is C29H27ClFNO5. The van der Waals surface area contributed by atoms with Crippen molar-refractivity contribution in [3.8, 4) is 11.5 Å². The molecular weight excluding hydrogens is 497 g/mol. The van der Waals surface area contributed by atoms with Crippen LogP contribution in [0.4, 0.5) is 10.1 Å². The van der Waals surface area contributed by atoms with E-state index < -0.39 is 29.3 Å². The van der Waals surface area contributed by atoms with E-state index >= 15 is 0 Å². The number of aliphatic hydroxyl groups excluding tert-OH is 1. The van der Waals surface area contributed by atoms with Crippen LogP contribution in [0.15, 0.2) is 66.2 Å². The van der Waals surface area contributed by atoms with E-state index in [1.165, 1.54) is 31.3 Å². The van der Waals surface area contributed by atoms with Crippen molar-refractivity contribution in [3.05, 3.63) is 93.8 Å². The fraction of sp³-hybridized carbons (Fsp3) is 0.241. The highest BCUT2D eigenvalue weighted by Crippen LogP contribution is 2.45. The zero-order valence-corrected chi connectivity index (χ0v) is 21.9. The van der Waals surface area contributed by atoms with E-state index in [4.69, 9.17) is 21.1 Å². The molecule has 1 saturated heterocycles. The highest BCUT2D eigenvalue weighted by molar-refractivity contribution is 6.52. The number of rotatable bonds is 5. The second-order valence-electron chi connectivity index (χ2n) is 9.68. The molecule has 8 heteroatoms. The number of ketones is 1. The van der Waals surface area contributed by atoms with Gasteiger partial charge < -0.3 is 14.6 Å². The summed E-state index contributed by atoms with van der Waals surface area (Å²) in [6.07, 6.45) is 0. The van der Waals surface area contributed by atoms with Crippen LogP contribution in [0.3, 0.4) is 0 Å². The second kappa shape index (κ2) is 9.90. The van der Waals surface area contributed by atoms with Gasteiger partial charge in [0.05, 0.1) is 30.9 Å². The number of aliphatic hydroxyl groups is 1. The van der Waals surface area contributed by atoms with E-state index in [0.29, 0.717) is 5.56 Å². The summed E-state index contributed by atoms with van der Waals surface area (Å²) in [4.78, 5) is 28.1. The third-order valence-electron chi connectivity index (χ3n) is 6.38. The van der Waals surface area contributed by atoms with Gasteiger partial charge in [0.25, 0.3) is 11.7 Å². The molecule has 1 amide bonds. The van der Waals surface area contributed by atoms with Gasteiger partial charge >= 0.3 is 0 Å². The Hall–Kier alpha value is -3.84. The van der Waals surface area contributed by atoms with Crippen molar-refractivity contribution >= 4 is 34.7 Å². The molecule has 37 heavy (non-hydrogen) atoms. The fourth-order valence-corrected chi connectivity index (χ4v) is 4.61. The lowest BCUT2D eigenvalue weighted by atomic mass is 9.85. The van der Waals surface area contributed by atoms with E-state index in [1.54, 1.807) is 18.2 Å². The van der Waals surface area contributed by atoms with Crippen molar-refractivity contribution in [2.24, 2.45) is 0 Å². The number of hydrogen-bond acceptors (Lipinski definition) is 5. The highest BCUT2D eigenvalue weighted by Gasteiger charge is 2.47. The summed E-state index contributed by atoms with van der Waals surface area (Å²) in [6.45, 7) is 6.22. The Bertz CT molecular complexity index is 1390. The van der Waals surface area contributed by atoms with Gasteiger partial charge in [0.15, 0.2) is 0 Å². The Kier molecular flexibility index (Phi) is 7.02. The van der Waals surface area contributed by atoms with Gasteiger partial charge in [0.2, 0.25) is 0 Å². The van der Waals surface area contributed by atoms with Crippen LogP contribution >= 0.6 is 11.6 Å². The Morgan fingerprint density at radius 1 is 0.973 bits per heavy atom. The van der Waals surface area contributed by atoms with Crippen molar-refractivity contribution < 1.29 is 28.6 Å². The van der Waals surface area contributed by atoms with Crippen LogP contribution in [0, 0.1) is 5.82 Å². The lowest BCUT2D eigenvalue weighted by Crippen LogP contribution is -2.29. The maximum Gasteiger partial charge on any atom is 0.300 e. The highest BCUT2D eigenvalue weighted by atomic mass is 35.5. The van der Waals surface area contributed by atoms with Gasteiger partial charge in [-0.2, -0.15) is 0 Å². The molecule has 0 saturated carbocycles. The van der Waals surface area contributed by atoms with Crippen molar-refractivity contribution in [1.29, 1.82) is 0 Å². The lowest BCUT2D eigenvalue weighted by Gasteiger charge is -2.27. The third kappa shape index (κ3) is 4.67. The van der Waals surface area contributed by atoms with Crippen LogP contribution in [0.1, 0.15) is 43.5 Å². The zero-order valence-electron chi connectivity index (χ0n) is 21.1. The SMILES string of the molecule is COc1cccc(OC)c1/C(O)=C1\C(=O)C(=O)N(c2ccc(F)c(Cl)c2)C1c1ccc(C(C)(C)C)cc1. The maximum absolute atomic E-state index is 13.9. The average molecular weight is 524 g/mol. The number of ether oxygens (including phenoxy) is 2. The first-order chi connectivity index (χ1) is 17.5. The van der Waals surface area contributed by atoms with Crippen molar-refractivity contribution in [1.82, 2.24) is 0 Å². The molecule has 6 nitrogen and oxygen atoms in total. The Labute approximate surface area is 219 Å². The Balaban J connectivity index is 2.01. The molecule has 3 aromatic rings. The summed E-state index contributed by atoms with van der Waals surface area (Å²) in [5.74, 6) is -2.39. The molecule has 1 unspecified atom stereocenters. The van der Waals surface area contributed by atoms with E-state index in [0.717, 1.165) is 11.6 Å². The minimum atomic E-state index is -1.02. The minimum Gasteiger partial charge on any atom is -0.506 e. The van der Waals surface area contributed by atoms with Crippen LogP contribution in [0.25, 0.3) is 5.76 Å². The number of anilines is 1. The normalized spacial score (nSPS) is 17.3. The number of methoxy groups -OCH3 is 2. The summed E-state index contributed by atoms with van der Waals surface area (Å²) in [6, 6.07) is 15.1. The minimum absolute atomic E-state index is 0.129. The smallest absolute Gasteiger partial charge is 0.300 e. The number of benzene rings is 3. The molecule has 192 valence electrons. The molecule has 0 radical (unpaired) electrons. The molecule has 0 bridgehead atoms. The monoisotopic (exact) mass is 523 g/mol. The van der Waals surface area contributed by atoms with Crippen molar-refractivity contribution in [3.63, 3.8) is 0 Å². The number of hydrogen-bond donors (Lipinski definition) is 1. The summed E-state index contributed by atoms with van der Waals surface area (Å²) < 4.78 is 24.8. The molecule has 1 aliphatic heterocycles. The molecule has 3 aromatic carbocycles. The van der Waals surface area contributed by atoms with Crippen LogP contribution in [-0.2, 0) is 15.0 Å². The van der Waals surface area contributed by atoms with Gasteiger partial charge in [0, 0.05) is 5.69 Å². The quantitative estimate of drug-likeness (QED) is 0.237. The number of Topliss-reactive ketones (excluding diaryl/α,β-unsaturated/α-hetero) is 1. The Morgan fingerprint density at radius 2 is 1.57 bits per heavy atom. The van der Waals surface area contributed by atoms with Crippen molar-refractivity contribution in [2.45, 2.75) is 32.2 Å². The zero-order chi connectivity index (χ0) is 27.1. The third-order valence-corrected chi connectivity index (χ3v) is 6.67. The number of carbonyl (C=O) groups is 2. The molecule has 0 spiro atoms. The first-order valence-corrected chi connectivity index (χ1v) is 11.9. The topological polar surface area (TPSA) is 76.1 Å². The molecule has 1 aliphatic rings. The largest absolute Gasteiger partial charge is 0.506 e. The van der Waals surface area contributed by atoms with Gasteiger partial charge in [-0.15, -0.1) is 0 Å². The molecule has 1 heterocycles. The van der Waals surface area contributed by atoms with Gasteiger partial charge in [-0.1, -0.05) is 62.7 Å². The summed E-state index contributed by atoms with van der Waals surface area (Å²) in [5, 5.41) is 11.3. The van der Waals surface area contributed by atoms with Crippen LogP contribution < -0.4 is 14.4 Å². The summed E-state index contributed by atoms with van der Waals surface area (Å²) in [7, 11) is 2.85. The summed E-state index contributed by atoms with van der Waals surface area (Å²) >= 11 is 6.02. The number of carbonyl (C=O) groups excluding carboxylic acids is 2. The molecule has 4 rings (SSSR count). The predicted octanol–water partition coefficient (Wildman–Crippen LogP) is 6.42. The fourth-order valence-electron chi connectivity index (χ4n) is 4.43. The first kappa shape index (κ1) is 26.2. The van der Waals surface area contributed by atoms with E-state index in [2.05, 4.69) is 20.8 Å². The van der Waals surface area contributed by atoms with Gasteiger partial charge in [-0.05, 0) is 46.9 Å². The first-order valence-electron chi connectivity index (χ1n) is 11.6. The molecule has 1 fully saturated rings. The standard InChI is InChI=1S/C29H27ClFNO5/c1-29(2,3)17-11-9-16(10-12-17)25-24(26(33)23-21(36-4)7-6-8-22(23)37-5)27(34)28(35)32(25)18-13-14-20(31)19(30)15-18/h6-15,25,33H,1-5H3/b26-24+. The molecule has 1 N–H and O–H groups in total. The number of halogens is 2. The van der Waals surface area contributed by atoms with Gasteiger partial charge in [-0.3, -0.25) is 14.5 Å². The number of nitrogens with zero attached hydrogens (tertiary/aromatic N) is 1. The molecule has 1 atom stereocenters. The molecule has 0 aliphatic carbocycles. The van der Waals surface area contributed by atoms with Gasteiger partial charge in [0.1, 0.15) is 28.6 Å². The predicted molar refractivity (Wildman–Crippen MR) is 141 cm³/mol. The average Bonchev–Trinajstić information content (AvgIpc) is 3.14. The number of amides is 1. The van der Waals surface area contributed by atoms with E-state index in [1.807, 2.05) is 24.3 Å². The van der Waals surface area contributed by atoms with Crippen molar-refractivity contribution in [2.75, 3.05) is 19.1 Å². The Morgan fingerprint density at radius 3 is 2.08 bits per heavy atom. The van der Waals surface area contributed by atoms with Crippen LogP contribution in [0.2, 0.25) is 5.02 Å². The van der Waals surface area contributed by atoms with Crippen LogP contribution in [-0.4, -0.2) is 31.0 Å². The van der Waals surface area contributed by atoms with E-state index in [-0.39, 0.29) is 38.8 Å². The summed E-state index contributed by atoms with van der Waals surface area (Å²) in [5.41, 5.74) is 1.68. The van der Waals surface area contributed by atoms with E-state index in [9.17, 15) is 19.1 Å². The lowest BCUT2D eigenvalue weighted by molar-refractivity contribution is -0.132. The molecule has 0 aromatic heterocycles.